The van der Waals surface area contributed by atoms with E-state index in [1.54, 1.807) is 0 Å². The molecule has 1 aliphatic rings. The van der Waals surface area contributed by atoms with Crippen molar-refractivity contribution < 1.29 is 4.74 Å². The van der Waals surface area contributed by atoms with Crippen LogP contribution in [-0.2, 0) is 6.61 Å². The van der Waals surface area contributed by atoms with E-state index in [-0.39, 0.29) is 0 Å². The molecule has 0 N–H and O–H groups in total. The highest BCUT2D eigenvalue weighted by Gasteiger charge is 2.20. The minimum absolute atomic E-state index is 0.490. The molecule has 2 heterocycles. The lowest BCUT2D eigenvalue weighted by Crippen LogP contribution is -2.18. The smallest absolute Gasteiger partial charge is 0.271 e. The number of benzene rings is 1. The summed E-state index contributed by atoms with van der Waals surface area (Å²) in [5, 5.41) is 0.733. The van der Waals surface area contributed by atoms with Gasteiger partial charge in [-0.1, -0.05) is 23.7 Å². The summed E-state index contributed by atoms with van der Waals surface area (Å²) in [5.41, 5.74) is 1.07. The van der Waals surface area contributed by atoms with Gasteiger partial charge >= 0.3 is 0 Å². The monoisotopic (exact) mass is 295 g/mol. The van der Waals surface area contributed by atoms with Gasteiger partial charge in [-0.05, 0) is 30.5 Å². The predicted octanol–water partition coefficient (Wildman–Crippen LogP) is 3.37. The van der Waals surface area contributed by atoms with Crippen molar-refractivity contribution in [1.29, 1.82) is 0 Å². The Morgan fingerprint density at radius 3 is 2.63 bits per heavy atom. The van der Waals surface area contributed by atoms with Crippen molar-refractivity contribution in [2.24, 2.45) is 0 Å². The van der Waals surface area contributed by atoms with E-state index in [4.69, 9.17) is 16.3 Å². The van der Waals surface area contributed by atoms with Crippen LogP contribution in [0, 0.1) is 0 Å². The molecule has 1 aromatic carbocycles. The van der Waals surface area contributed by atoms with Crippen LogP contribution in [0.25, 0.3) is 0 Å². The fourth-order valence-corrected chi connectivity index (χ4v) is 2.77. The Labute approximate surface area is 121 Å². The molecule has 19 heavy (non-hydrogen) atoms. The van der Waals surface area contributed by atoms with Crippen LogP contribution >= 0.6 is 23.3 Å². The van der Waals surface area contributed by atoms with E-state index in [9.17, 15) is 0 Å². The van der Waals surface area contributed by atoms with Crippen molar-refractivity contribution in [3.63, 3.8) is 0 Å². The lowest BCUT2D eigenvalue weighted by atomic mass is 10.2. The highest BCUT2D eigenvalue weighted by atomic mass is 35.5. The third-order valence-electron chi connectivity index (χ3n) is 3.14. The molecule has 100 valence electrons. The summed E-state index contributed by atoms with van der Waals surface area (Å²) in [7, 11) is 0. The molecule has 0 bridgehead atoms. The number of rotatable bonds is 4. The van der Waals surface area contributed by atoms with Crippen LogP contribution in [0.4, 0.5) is 5.82 Å². The Bertz CT molecular complexity index is 537. The Morgan fingerprint density at radius 2 is 1.89 bits per heavy atom. The summed E-state index contributed by atoms with van der Waals surface area (Å²) >= 11 is 7.06. The maximum atomic E-state index is 5.85. The maximum absolute atomic E-state index is 5.85. The number of ether oxygens (including phenoxy) is 1. The minimum atomic E-state index is 0.490. The highest BCUT2D eigenvalue weighted by Crippen LogP contribution is 2.29. The van der Waals surface area contributed by atoms with Crippen molar-refractivity contribution >= 4 is 29.1 Å². The molecule has 1 aliphatic heterocycles. The second kappa shape index (κ2) is 5.75. The minimum Gasteiger partial charge on any atom is -0.470 e. The molecule has 4 nitrogen and oxygen atoms in total. The third-order valence-corrected chi connectivity index (χ3v) is 3.89. The molecule has 3 rings (SSSR count). The van der Waals surface area contributed by atoms with Gasteiger partial charge < -0.3 is 9.64 Å². The molecule has 0 saturated carbocycles. The van der Waals surface area contributed by atoms with Gasteiger partial charge in [-0.25, -0.2) is 0 Å². The van der Waals surface area contributed by atoms with Crippen molar-refractivity contribution in [3.8, 4) is 5.88 Å². The number of anilines is 1. The van der Waals surface area contributed by atoms with Crippen LogP contribution in [0.5, 0.6) is 5.88 Å². The zero-order valence-electron chi connectivity index (χ0n) is 10.4. The number of hydrogen-bond donors (Lipinski definition) is 0. The molecule has 6 heteroatoms. The maximum Gasteiger partial charge on any atom is 0.271 e. The first-order valence-electron chi connectivity index (χ1n) is 6.28. The van der Waals surface area contributed by atoms with E-state index >= 15 is 0 Å². The lowest BCUT2D eigenvalue weighted by Gasteiger charge is -2.15. The van der Waals surface area contributed by atoms with Crippen LogP contribution in [0.2, 0.25) is 5.02 Å². The van der Waals surface area contributed by atoms with Crippen LogP contribution in [0.3, 0.4) is 0 Å². The largest absolute Gasteiger partial charge is 0.470 e. The number of halogens is 1. The lowest BCUT2D eigenvalue weighted by molar-refractivity contribution is 0.297. The van der Waals surface area contributed by atoms with Crippen molar-refractivity contribution in [2.45, 2.75) is 19.4 Å². The van der Waals surface area contributed by atoms with Gasteiger partial charge in [-0.2, -0.15) is 4.37 Å². The molecule has 0 aliphatic carbocycles. The SMILES string of the molecule is Clc1ccc(COc2nsnc2N2CCCC2)cc1. The predicted molar refractivity (Wildman–Crippen MR) is 77.1 cm³/mol. The van der Waals surface area contributed by atoms with E-state index < -0.39 is 0 Å². The summed E-state index contributed by atoms with van der Waals surface area (Å²) in [6.07, 6.45) is 2.43. The number of nitrogens with zero attached hydrogens (tertiary/aromatic N) is 3. The number of hydrogen-bond acceptors (Lipinski definition) is 5. The quantitative estimate of drug-likeness (QED) is 0.867. The van der Waals surface area contributed by atoms with Crippen molar-refractivity contribution in [3.05, 3.63) is 34.9 Å². The van der Waals surface area contributed by atoms with E-state index in [0.29, 0.717) is 12.5 Å². The molecule has 0 amide bonds. The molecule has 0 atom stereocenters. The van der Waals surface area contributed by atoms with Gasteiger partial charge in [0, 0.05) is 18.1 Å². The summed E-state index contributed by atoms with van der Waals surface area (Å²) in [6.45, 7) is 2.58. The molecule has 1 aromatic heterocycles. The van der Waals surface area contributed by atoms with E-state index in [0.717, 1.165) is 29.5 Å². The van der Waals surface area contributed by atoms with Gasteiger partial charge in [-0.3, -0.25) is 0 Å². The van der Waals surface area contributed by atoms with Crippen LogP contribution in [-0.4, -0.2) is 21.8 Å². The zero-order chi connectivity index (χ0) is 13.1. The molecular formula is C13H14ClN3OS. The fourth-order valence-electron chi connectivity index (χ4n) is 2.12. The molecule has 1 fully saturated rings. The van der Waals surface area contributed by atoms with Gasteiger partial charge in [0.15, 0.2) is 0 Å². The standard InChI is InChI=1S/C13H14ClN3OS/c14-11-5-3-10(4-6-11)9-18-13-12(15-19-16-13)17-7-1-2-8-17/h3-6H,1-2,7-9H2. The van der Waals surface area contributed by atoms with Crippen LogP contribution in [0.1, 0.15) is 18.4 Å². The first-order chi connectivity index (χ1) is 9.33. The molecule has 0 unspecified atom stereocenters. The Morgan fingerprint density at radius 1 is 1.16 bits per heavy atom. The first-order valence-corrected chi connectivity index (χ1v) is 7.38. The molecule has 0 spiro atoms. The summed E-state index contributed by atoms with van der Waals surface area (Å²) in [4.78, 5) is 2.24. The normalized spacial score (nSPS) is 14.9. The zero-order valence-corrected chi connectivity index (χ0v) is 12.0. The van der Waals surface area contributed by atoms with Gasteiger partial charge in [0.05, 0.1) is 11.7 Å². The van der Waals surface area contributed by atoms with Crippen molar-refractivity contribution in [2.75, 3.05) is 18.0 Å². The van der Waals surface area contributed by atoms with E-state index in [1.165, 1.54) is 24.6 Å². The summed E-state index contributed by atoms with van der Waals surface area (Å²) in [5.74, 6) is 1.53. The Balaban J connectivity index is 1.66. The molecule has 2 aromatic rings. The van der Waals surface area contributed by atoms with Crippen LogP contribution < -0.4 is 9.64 Å². The summed E-state index contributed by atoms with van der Waals surface area (Å²) in [6, 6.07) is 7.64. The van der Waals surface area contributed by atoms with Crippen molar-refractivity contribution in [1.82, 2.24) is 8.75 Å². The van der Waals surface area contributed by atoms with Crippen LogP contribution in [0.15, 0.2) is 24.3 Å². The second-order valence-corrected chi connectivity index (χ2v) is 5.47. The van der Waals surface area contributed by atoms with Gasteiger partial charge in [0.2, 0.25) is 5.82 Å². The molecular weight excluding hydrogens is 282 g/mol. The van der Waals surface area contributed by atoms with Gasteiger partial charge in [0.25, 0.3) is 5.88 Å². The van der Waals surface area contributed by atoms with E-state index in [2.05, 4.69) is 13.6 Å². The third kappa shape index (κ3) is 2.98. The average molecular weight is 296 g/mol. The fraction of sp³-hybridized carbons (Fsp3) is 0.385. The highest BCUT2D eigenvalue weighted by molar-refractivity contribution is 6.99. The molecule has 0 radical (unpaired) electrons. The second-order valence-electron chi connectivity index (χ2n) is 4.50. The Kier molecular flexibility index (Phi) is 3.84. The average Bonchev–Trinajstić information content (AvgIpc) is 3.08. The molecule has 1 saturated heterocycles. The summed E-state index contributed by atoms with van der Waals surface area (Å²) < 4.78 is 14.3. The van der Waals surface area contributed by atoms with E-state index in [1.807, 2.05) is 24.3 Å². The number of aromatic nitrogens is 2. The van der Waals surface area contributed by atoms with Gasteiger partial charge in [0.1, 0.15) is 6.61 Å². The topological polar surface area (TPSA) is 38.3 Å². The first kappa shape index (κ1) is 12.7. The Hall–Kier alpha value is -1.33. The van der Waals surface area contributed by atoms with Gasteiger partial charge in [-0.15, -0.1) is 4.37 Å².